The van der Waals surface area contributed by atoms with E-state index in [0.29, 0.717) is 54.8 Å². The topological polar surface area (TPSA) is 111 Å². The summed E-state index contributed by atoms with van der Waals surface area (Å²) in [6.07, 6.45) is 4.58. The Morgan fingerprint density at radius 3 is 2.43 bits per heavy atom. The van der Waals surface area contributed by atoms with Crippen LogP contribution in [-0.4, -0.2) is 51.9 Å². The van der Waals surface area contributed by atoms with Crippen molar-refractivity contribution < 1.29 is 24.2 Å². The Kier molecular flexibility index (Phi) is 7.42. The van der Waals surface area contributed by atoms with Crippen molar-refractivity contribution in [2.75, 3.05) is 11.9 Å². The summed E-state index contributed by atoms with van der Waals surface area (Å²) < 4.78 is 16.1. The van der Waals surface area contributed by atoms with Crippen LogP contribution in [0.4, 0.5) is 10.1 Å². The smallest absolute Gasteiger partial charge is 0.238 e. The highest BCUT2D eigenvalue weighted by molar-refractivity contribution is 6.31. The SMILES string of the molecule is CC1(C)CCC2(CC1)N[C@@H](C(=O)NC1CCC(O)(CO)CC1)[C@H](c1cccc(Cl)c1F)[C@]21C(=O)Nc2cc(Cl)ccc21. The number of fused-ring (bicyclic) bond motifs is 3. The van der Waals surface area contributed by atoms with Crippen molar-refractivity contribution in [3.05, 3.63) is 63.4 Å². The lowest BCUT2D eigenvalue weighted by Gasteiger charge is -2.50. The maximum atomic E-state index is 16.1. The standard InChI is InChI=1S/C32H38Cl2FN3O4/c1-29(2)12-14-31(15-13-29)32(21-7-6-18(33)16-23(21)37-28(32)41)24(20-4-3-5-22(34)25(20)35)26(38-31)27(40)36-19-8-10-30(42,17-39)11-9-19/h3-7,16,19,24,26,38-39,42H,8-15,17H2,1-2H3,(H,36,40)(H,37,41)/t19?,24-,26+,30?,32+/m0/s1. The summed E-state index contributed by atoms with van der Waals surface area (Å²) >= 11 is 12.7. The van der Waals surface area contributed by atoms with Gasteiger partial charge in [-0.3, -0.25) is 14.9 Å². The fraction of sp³-hybridized carbons (Fsp3) is 0.562. The van der Waals surface area contributed by atoms with Crippen molar-refractivity contribution >= 4 is 40.7 Å². The zero-order chi connectivity index (χ0) is 30.1. The fourth-order valence-corrected chi connectivity index (χ4v) is 8.52. The van der Waals surface area contributed by atoms with Crippen LogP contribution in [0.25, 0.3) is 0 Å². The Hall–Kier alpha value is -2.23. The first-order valence-electron chi connectivity index (χ1n) is 14.8. The van der Waals surface area contributed by atoms with E-state index >= 15 is 4.39 Å². The van der Waals surface area contributed by atoms with Crippen molar-refractivity contribution in [3.63, 3.8) is 0 Å². The molecule has 2 aliphatic carbocycles. The van der Waals surface area contributed by atoms with E-state index in [1.165, 1.54) is 6.07 Å². The first-order valence-corrected chi connectivity index (χ1v) is 15.6. The Morgan fingerprint density at radius 2 is 1.76 bits per heavy atom. The van der Waals surface area contributed by atoms with Gasteiger partial charge in [0.05, 0.1) is 23.3 Å². The number of rotatable bonds is 4. The molecule has 6 rings (SSSR count). The van der Waals surface area contributed by atoms with E-state index in [-0.39, 0.29) is 40.5 Å². The molecule has 5 N–H and O–H groups in total. The van der Waals surface area contributed by atoms with Gasteiger partial charge < -0.3 is 20.8 Å². The monoisotopic (exact) mass is 617 g/mol. The minimum atomic E-state index is -1.30. The van der Waals surface area contributed by atoms with Gasteiger partial charge in [0.25, 0.3) is 0 Å². The predicted molar refractivity (Wildman–Crippen MR) is 160 cm³/mol. The number of aliphatic hydroxyl groups is 2. The summed E-state index contributed by atoms with van der Waals surface area (Å²) in [7, 11) is 0. The molecule has 4 aliphatic rings. The first-order chi connectivity index (χ1) is 19.8. The number of hydrogen-bond acceptors (Lipinski definition) is 5. The van der Waals surface area contributed by atoms with Gasteiger partial charge in [-0.2, -0.15) is 0 Å². The number of halogens is 3. The van der Waals surface area contributed by atoms with Crippen molar-refractivity contribution in [1.29, 1.82) is 0 Å². The van der Waals surface area contributed by atoms with Crippen molar-refractivity contribution in [2.24, 2.45) is 5.41 Å². The average molecular weight is 619 g/mol. The van der Waals surface area contributed by atoms with Crippen LogP contribution in [0.1, 0.15) is 82.3 Å². The zero-order valence-electron chi connectivity index (χ0n) is 23.9. The lowest BCUT2D eigenvalue weighted by molar-refractivity contribution is -0.125. The molecule has 226 valence electrons. The van der Waals surface area contributed by atoms with Crippen LogP contribution in [0, 0.1) is 11.2 Å². The summed E-state index contributed by atoms with van der Waals surface area (Å²) in [5, 5.41) is 30.3. The molecule has 3 atom stereocenters. The van der Waals surface area contributed by atoms with Crippen LogP contribution in [0.15, 0.2) is 36.4 Å². The van der Waals surface area contributed by atoms with Gasteiger partial charge >= 0.3 is 0 Å². The number of amides is 2. The van der Waals surface area contributed by atoms with Crippen LogP contribution in [0.3, 0.4) is 0 Å². The van der Waals surface area contributed by atoms with E-state index in [0.717, 1.165) is 12.8 Å². The summed E-state index contributed by atoms with van der Waals surface area (Å²) in [4.78, 5) is 28.8. The lowest BCUT2D eigenvalue weighted by Crippen LogP contribution is -2.61. The zero-order valence-corrected chi connectivity index (χ0v) is 25.4. The Balaban J connectivity index is 1.50. The summed E-state index contributed by atoms with van der Waals surface area (Å²) in [5.41, 5.74) is -1.74. The second-order valence-electron chi connectivity index (χ2n) is 13.6. The summed E-state index contributed by atoms with van der Waals surface area (Å²) in [5.74, 6) is -2.15. The third-order valence-corrected chi connectivity index (χ3v) is 11.1. The van der Waals surface area contributed by atoms with Crippen LogP contribution >= 0.6 is 23.2 Å². The Labute approximate surface area is 255 Å². The van der Waals surface area contributed by atoms with E-state index in [9.17, 15) is 19.8 Å². The maximum Gasteiger partial charge on any atom is 0.238 e. The molecule has 2 amide bonds. The number of carbonyl (C=O) groups is 2. The highest BCUT2D eigenvalue weighted by atomic mass is 35.5. The molecule has 0 bridgehead atoms. The van der Waals surface area contributed by atoms with Crippen molar-refractivity contribution in [2.45, 2.75) is 99.8 Å². The van der Waals surface area contributed by atoms with E-state index in [2.05, 4.69) is 29.8 Å². The molecule has 2 saturated carbocycles. The third kappa shape index (κ3) is 4.56. The number of carbonyl (C=O) groups excluding carboxylic acids is 2. The second-order valence-corrected chi connectivity index (χ2v) is 14.5. The fourth-order valence-electron chi connectivity index (χ4n) is 8.16. The molecule has 2 spiro atoms. The van der Waals surface area contributed by atoms with E-state index in [1.807, 2.05) is 6.07 Å². The number of anilines is 1. The molecule has 2 aromatic rings. The second kappa shape index (κ2) is 10.4. The van der Waals surface area contributed by atoms with E-state index in [4.69, 9.17) is 23.2 Å². The van der Waals surface area contributed by atoms with Gasteiger partial charge in [0.1, 0.15) is 11.2 Å². The third-order valence-electron chi connectivity index (χ3n) is 10.6. The minimum absolute atomic E-state index is 0.0504. The molecule has 2 aliphatic heterocycles. The molecular weight excluding hydrogens is 580 g/mol. The summed E-state index contributed by atoms with van der Waals surface area (Å²) in [6, 6.07) is 8.89. The van der Waals surface area contributed by atoms with Gasteiger partial charge in [-0.25, -0.2) is 4.39 Å². The van der Waals surface area contributed by atoms with Gasteiger partial charge in [0.2, 0.25) is 11.8 Å². The maximum absolute atomic E-state index is 16.1. The lowest BCUT2D eigenvalue weighted by atomic mass is 9.53. The van der Waals surface area contributed by atoms with Gasteiger partial charge in [-0.05, 0) is 86.1 Å². The van der Waals surface area contributed by atoms with Gasteiger partial charge in [-0.1, -0.05) is 55.2 Å². The van der Waals surface area contributed by atoms with Crippen LogP contribution in [0.2, 0.25) is 10.0 Å². The first kappa shape index (κ1) is 29.8. The molecule has 42 heavy (non-hydrogen) atoms. The molecule has 2 aromatic carbocycles. The van der Waals surface area contributed by atoms with Gasteiger partial charge in [0, 0.05) is 28.2 Å². The van der Waals surface area contributed by atoms with Crippen LogP contribution < -0.4 is 16.0 Å². The van der Waals surface area contributed by atoms with E-state index in [1.54, 1.807) is 24.3 Å². The molecule has 1 saturated heterocycles. The molecule has 10 heteroatoms. The number of aliphatic hydroxyl groups excluding tert-OH is 1. The van der Waals surface area contributed by atoms with Gasteiger partial charge in [-0.15, -0.1) is 0 Å². The molecule has 3 fully saturated rings. The molecule has 0 aromatic heterocycles. The highest BCUT2D eigenvalue weighted by Crippen LogP contribution is 2.64. The molecule has 0 unspecified atom stereocenters. The molecular formula is C32H38Cl2FN3O4. The van der Waals surface area contributed by atoms with Crippen molar-refractivity contribution in [3.8, 4) is 0 Å². The van der Waals surface area contributed by atoms with Crippen molar-refractivity contribution in [1.82, 2.24) is 10.6 Å². The molecule has 2 heterocycles. The molecule has 7 nitrogen and oxygen atoms in total. The Bertz CT molecular complexity index is 1420. The number of hydrogen-bond donors (Lipinski definition) is 5. The minimum Gasteiger partial charge on any atom is -0.393 e. The van der Waals surface area contributed by atoms with Crippen LogP contribution in [-0.2, 0) is 15.0 Å². The van der Waals surface area contributed by atoms with Gasteiger partial charge in [0.15, 0.2) is 0 Å². The number of nitrogens with one attached hydrogen (secondary N) is 3. The van der Waals surface area contributed by atoms with Crippen LogP contribution in [0.5, 0.6) is 0 Å². The highest BCUT2D eigenvalue weighted by Gasteiger charge is 2.73. The largest absolute Gasteiger partial charge is 0.393 e. The number of benzene rings is 2. The predicted octanol–water partition coefficient (Wildman–Crippen LogP) is 5.20. The average Bonchev–Trinajstić information content (AvgIpc) is 3.41. The van der Waals surface area contributed by atoms with E-state index < -0.39 is 34.3 Å². The quantitative estimate of drug-likeness (QED) is 0.324. The molecule has 0 radical (unpaired) electrons. The summed E-state index contributed by atoms with van der Waals surface area (Å²) in [6.45, 7) is 4.09. The normalized spacial score (nSPS) is 33.0. The Morgan fingerprint density at radius 1 is 1.07 bits per heavy atom.